The molecule has 0 amide bonds. The summed E-state index contributed by atoms with van der Waals surface area (Å²) in [7, 11) is 0. The van der Waals surface area contributed by atoms with Crippen LogP contribution >= 0.6 is 0 Å². The molecule has 3 aromatic rings. The van der Waals surface area contributed by atoms with Gasteiger partial charge in [-0.15, -0.1) is 0 Å². The number of anilines is 2. The average Bonchev–Trinajstić information content (AvgIpc) is 2.78. The molecule has 8 nitrogen and oxygen atoms in total. The standard InChI is InChI=1S/C23H25FN8/c1-5-17-21(26)32(14(4)25)18-12-29-22(30-23(18)31(17)13(2)3)20-19(27-10-11-28-20)15-6-8-16(24)9-7-15/h6-13,17,25-26H,5H2,1-4H3/t17-/m1/s1. The second-order valence-corrected chi connectivity index (χ2v) is 7.89. The number of hydrogen-bond acceptors (Lipinski definition) is 7. The summed E-state index contributed by atoms with van der Waals surface area (Å²) in [5.41, 5.74) is 2.34. The molecule has 1 aliphatic rings. The van der Waals surface area contributed by atoms with E-state index < -0.39 is 0 Å². The highest BCUT2D eigenvalue weighted by Crippen LogP contribution is 2.38. The van der Waals surface area contributed by atoms with Gasteiger partial charge in [0, 0.05) is 24.0 Å². The first-order chi connectivity index (χ1) is 15.3. The molecule has 0 unspecified atom stereocenters. The van der Waals surface area contributed by atoms with E-state index in [4.69, 9.17) is 15.8 Å². The van der Waals surface area contributed by atoms with Crippen LogP contribution in [0.1, 0.15) is 34.1 Å². The van der Waals surface area contributed by atoms with E-state index in [1.54, 1.807) is 42.5 Å². The van der Waals surface area contributed by atoms with E-state index in [1.807, 2.05) is 6.92 Å². The summed E-state index contributed by atoms with van der Waals surface area (Å²) >= 11 is 0. The van der Waals surface area contributed by atoms with Crippen molar-refractivity contribution >= 4 is 23.2 Å². The Morgan fingerprint density at radius 1 is 1.09 bits per heavy atom. The summed E-state index contributed by atoms with van der Waals surface area (Å²) < 4.78 is 13.4. The Morgan fingerprint density at radius 3 is 2.34 bits per heavy atom. The van der Waals surface area contributed by atoms with E-state index >= 15 is 0 Å². The lowest BCUT2D eigenvalue weighted by Crippen LogP contribution is -2.56. The maximum absolute atomic E-state index is 13.4. The lowest BCUT2D eigenvalue weighted by Gasteiger charge is -2.45. The molecule has 3 heterocycles. The van der Waals surface area contributed by atoms with Gasteiger partial charge in [-0.05, 0) is 51.5 Å². The lowest BCUT2D eigenvalue weighted by atomic mass is 10.0. The predicted octanol–water partition coefficient (Wildman–Crippen LogP) is 4.53. The molecule has 4 rings (SSSR count). The maximum Gasteiger partial charge on any atom is 0.182 e. The van der Waals surface area contributed by atoms with E-state index in [9.17, 15) is 4.39 Å². The molecule has 9 heteroatoms. The summed E-state index contributed by atoms with van der Waals surface area (Å²) in [6.07, 6.45) is 5.49. The zero-order valence-corrected chi connectivity index (χ0v) is 18.5. The van der Waals surface area contributed by atoms with E-state index in [0.717, 1.165) is 0 Å². The number of aromatic nitrogens is 4. The number of hydrogen-bond donors (Lipinski definition) is 2. The third-order valence-corrected chi connectivity index (χ3v) is 5.43. The van der Waals surface area contributed by atoms with Crippen LogP contribution in [0.2, 0.25) is 0 Å². The molecule has 1 aliphatic heterocycles. The van der Waals surface area contributed by atoms with Gasteiger partial charge in [0.15, 0.2) is 11.6 Å². The first-order valence-corrected chi connectivity index (χ1v) is 10.5. The quantitative estimate of drug-likeness (QED) is 0.464. The minimum Gasteiger partial charge on any atom is -0.342 e. The second kappa shape index (κ2) is 8.41. The smallest absolute Gasteiger partial charge is 0.182 e. The number of nitrogens with zero attached hydrogens (tertiary/aromatic N) is 6. The Hall–Kier alpha value is -3.75. The average molecular weight is 433 g/mol. The van der Waals surface area contributed by atoms with Crippen LogP contribution in [0, 0.1) is 16.6 Å². The molecule has 0 radical (unpaired) electrons. The number of fused-ring (bicyclic) bond motifs is 1. The second-order valence-electron chi connectivity index (χ2n) is 7.89. The molecule has 2 aromatic heterocycles. The number of amidine groups is 2. The van der Waals surface area contributed by atoms with E-state index in [1.165, 1.54) is 12.1 Å². The van der Waals surface area contributed by atoms with Crippen molar-refractivity contribution in [1.82, 2.24) is 19.9 Å². The lowest BCUT2D eigenvalue weighted by molar-refractivity contribution is 0.597. The monoisotopic (exact) mass is 432 g/mol. The first kappa shape index (κ1) is 21.5. The molecule has 2 N–H and O–H groups in total. The number of halogens is 1. The van der Waals surface area contributed by atoms with Gasteiger partial charge in [0.05, 0.1) is 17.9 Å². The molecule has 164 valence electrons. The third-order valence-electron chi connectivity index (χ3n) is 5.43. The van der Waals surface area contributed by atoms with Crippen LogP contribution in [-0.2, 0) is 0 Å². The number of benzene rings is 1. The molecular weight excluding hydrogens is 407 g/mol. The van der Waals surface area contributed by atoms with Gasteiger partial charge in [-0.2, -0.15) is 0 Å². The normalized spacial score (nSPS) is 15.8. The molecule has 0 spiro atoms. The van der Waals surface area contributed by atoms with Crippen molar-refractivity contribution in [3.63, 3.8) is 0 Å². The summed E-state index contributed by atoms with van der Waals surface area (Å²) in [5, 5.41) is 16.9. The molecule has 1 atom stereocenters. The molecule has 0 bridgehead atoms. The zero-order valence-electron chi connectivity index (χ0n) is 18.5. The molecule has 0 saturated carbocycles. The van der Waals surface area contributed by atoms with Crippen molar-refractivity contribution in [3.8, 4) is 22.8 Å². The van der Waals surface area contributed by atoms with Crippen LogP contribution < -0.4 is 9.80 Å². The Morgan fingerprint density at radius 2 is 1.75 bits per heavy atom. The van der Waals surface area contributed by atoms with Crippen LogP contribution in [0.4, 0.5) is 15.9 Å². The summed E-state index contributed by atoms with van der Waals surface area (Å²) in [6, 6.07) is 5.92. The van der Waals surface area contributed by atoms with Crippen LogP contribution in [0.15, 0.2) is 42.9 Å². The minimum atomic E-state index is -0.327. The van der Waals surface area contributed by atoms with E-state index in [2.05, 4.69) is 33.7 Å². The van der Waals surface area contributed by atoms with E-state index in [0.29, 0.717) is 46.5 Å². The van der Waals surface area contributed by atoms with Crippen LogP contribution in [0.25, 0.3) is 22.8 Å². The van der Waals surface area contributed by atoms with Gasteiger partial charge in [-0.3, -0.25) is 20.7 Å². The van der Waals surface area contributed by atoms with Crippen LogP contribution in [-0.4, -0.2) is 43.7 Å². The van der Waals surface area contributed by atoms with Crippen molar-refractivity contribution < 1.29 is 4.39 Å². The molecular formula is C23H25FN8. The van der Waals surface area contributed by atoms with Gasteiger partial charge >= 0.3 is 0 Å². The van der Waals surface area contributed by atoms with Crippen molar-refractivity contribution in [3.05, 3.63) is 48.7 Å². The fourth-order valence-electron chi connectivity index (χ4n) is 4.06. The Bertz CT molecular complexity index is 1170. The summed E-state index contributed by atoms with van der Waals surface area (Å²) in [4.78, 5) is 22.0. The Balaban J connectivity index is 1.91. The largest absolute Gasteiger partial charge is 0.342 e. The summed E-state index contributed by atoms with van der Waals surface area (Å²) in [6.45, 7) is 7.79. The summed E-state index contributed by atoms with van der Waals surface area (Å²) in [5.74, 6) is 1.28. The fourth-order valence-corrected chi connectivity index (χ4v) is 4.06. The molecule has 0 fully saturated rings. The Kier molecular flexibility index (Phi) is 5.65. The zero-order chi connectivity index (χ0) is 23.0. The van der Waals surface area contributed by atoms with Crippen molar-refractivity contribution in [2.45, 2.75) is 46.2 Å². The number of nitrogens with one attached hydrogen (secondary N) is 2. The SMILES string of the molecule is CC[C@@H]1C(=N)N(C(C)=N)c2cnc(-c3nccnc3-c3ccc(F)cc3)nc2N1C(C)C. The Labute approximate surface area is 186 Å². The topological polar surface area (TPSA) is 106 Å². The van der Waals surface area contributed by atoms with E-state index in [-0.39, 0.29) is 23.7 Å². The molecule has 0 saturated heterocycles. The highest BCUT2D eigenvalue weighted by molar-refractivity contribution is 6.21. The molecule has 0 aliphatic carbocycles. The van der Waals surface area contributed by atoms with Gasteiger partial charge < -0.3 is 4.90 Å². The third kappa shape index (κ3) is 3.59. The van der Waals surface area contributed by atoms with Gasteiger partial charge in [0.2, 0.25) is 0 Å². The first-order valence-electron chi connectivity index (χ1n) is 10.5. The fraction of sp³-hybridized carbons (Fsp3) is 0.304. The predicted molar refractivity (Wildman–Crippen MR) is 124 cm³/mol. The van der Waals surface area contributed by atoms with Crippen LogP contribution in [0.5, 0.6) is 0 Å². The van der Waals surface area contributed by atoms with Gasteiger partial charge in [-0.25, -0.2) is 19.3 Å². The van der Waals surface area contributed by atoms with Gasteiger partial charge in [-0.1, -0.05) is 6.92 Å². The minimum absolute atomic E-state index is 0.0772. The van der Waals surface area contributed by atoms with Gasteiger partial charge in [0.25, 0.3) is 0 Å². The highest BCUT2D eigenvalue weighted by atomic mass is 19.1. The van der Waals surface area contributed by atoms with Crippen molar-refractivity contribution in [1.29, 1.82) is 10.8 Å². The number of rotatable bonds is 4. The van der Waals surface area contributed by atoms with Crippen LogP contribution in [0.3, 0.4) is 0 Å². The van der Waals surface area contributed by atoms with Gasteiger partial charge in [0.1, 0.15) is 28.9 Å². The highest BCUT2D eigenvalue weighted by Gasteiger charge is 2.38. The van der Waals surface area contributed by atoms with Crippen molar-refractivity contribution in [2.24, 2.45) is 0 Å². The maximum atomic E-state index is 13.4. The van der Waals surface area contributed by atoms with Crippen molar-refractivity contribution in [2.75, 3.05) is 9.80 Å². The molecule has 1 aromatic carbocycles. The molecule has 32 heavy (non-hydrogen) atoms.